The Bertz CT molecular complexity index is 2140. The third-order valence-corrected chi connectivity index (χ3v) is 9.17. The molecule has 0 atom stereocenters. The van der Waals surface area contributed by atoms with Gasteiger partial charge in [0.15, 0.2) is 0 Å². The minimum atomic E-state index is 0.964. The van der Waals surface area contributed by atoms with Crippen LogP contribution in [0.15, 0.2) is 181 Å². The highest BCUT2D eigenvalue weighted by Crippen LogP contribution is 2.41. The van der Waals surface area contributed by atoms with Gasteiger partial charge in [-0.1, -0.05) is 121 Å². The monoisotopic (exact) mass is 592 g/mol. The molecule has 2 aliphatic carbocycles. The van der Waals surface area contributed by atoms with Crippen LogP contribution in [0.3, 0.4) is 0 Å². The summed E-state index contributed by atoms with van der Waals surface area (Å²) in [6.45, 7) is 0. The van der Waals surface area contributed by atoms with Gasteiger partial charge in [0.2, 0.25) is 0 Å². The topological polar surface area (TPSA) is 6.48 Å². The van der Waals surface area contributed by atoms with E-state index in [9.17, 15) is 0 Å². The van der Waals surface area contributed by atoms with Crippen LogP contribution in [-0.4, -0.2) is 0 Å². The van der Waals surface area contributed by atoms with Crippen molar-refractivity contribution in [1.29, 1.82) is 0 Å². The van der Waals surface area contributed by atoms with Gasteiger partial charge in [0.1, 0.15) is 0 Å². The van der Waals surface area contributed by atoms with Crippen molar-refractivity contribution < 1.29 is 0 Å². The first-order valence-corrected chi connectivity index (χ1v) is 16.3. The zero-order valence-corrected chi connectivity index (χ0v) is 25.9. The molecule has 0 amide bonds. The maximum Gasteiger partial charge on any atom is 0.0539 e. The Morgan fingerprint density at radius 3 is 1.70 bits per heavy atom. The minimum Gasteiger partial charge on any atom is -0.314 e. The van der Waals surface area contributed by atoms with Gasteiger partial charge in [-0.15, -0.1) is 0 Å². The lowest BCUT2D eigenvalue weighted by molar-refractivity contribution is 0.932. The van der Waals surface area contributed by atoms with Crippen LogP contribution in [0.5, 0.6) is 0 Å². The van der Waals surface area contributed by atoms with Crippen molar-refractivity contribution in [1.82, 2.24) is 0 Å². The molecule has 222 valence electrons. The third kappa shape index (κ3) is 5.33. The van der Waals surface area contributed by atoms with Crippen molar-refractivity contribution in [2.45, 2.75) is 25.7 Å². The molecule has 0 spiro atoms. The number of para-hydroxylation sites is 1. The molecule has 6 aromatic rings. The van der Waals surface area contributed by atoms with Gasteiger partial charge >= 0.3 is 0 Å². The molecule has 0 bridgehead atoms. The van der Waals surface area contributed by atoms with Crippen molar-refractivity contribution in [3.63, 3.8) is 0 Å². The van der Waals surface area contributed by atoms with Crippen molar-refractivity contribution >= 4 is 49.9 Å². The summed E-state index contributed by atoms with van der Waals surface area (Å²) in [5, 5.41) is 5.03. The van der Waals surface area contributed by atoms with Crippen molar-refractivity contribution in [2.75, 3.05) is 9.80 Å². The standard InChI is InChI=1S/C44H36N2/c1-3-17-37(18-4-1)45(43-23-11-15-35-13-7-9-21-41(35)43)39-29-25-33(26-30-39)34-27-31-40(32-28-34)46(38-19-5-2-6-20-38)44-24-12-16-36-14-8-10-22-42(36)44/h1,3-5,7-25,27-29,31-32H,2,6,26,30H2. The van der Waals surface area contributed by atoms with E-state index in [1.54, 1.807) is 0 Å². The van der Waals surface area contributed by atoms with E-state index in [1.807, 2.05) is 0 Å². The lowest BCUT2D eigenvalue weighted by Gasteiger charge is -2.31. The average Bonchev–Trinajstić information content (AvgIpc) is 3.14. The second-order valence-corrected chi connectivity index (χ2v) is 12.0. The number of benzene rings is 6. The van der Waals surface area contributed by atoms with Gasteiger partial charge in [-0.3, -0.25) is 0 Å². The summed E-state index contributed by atoms with van der Waals surface area (Å²) in [5.74, 6) is 0. The molecule has 0 saturated carbocycles. The molecule has 0 saturated heterocycles. The first-order valence-electron chi connectivity index (χ1n) is 16.3. The van der Waals surface area contributed by atoms with E-state index in [0.29, 0.717) is 0 Å². The number of hydrogen-bond donors (Lipinski definition) is 0. The Labute approximate surface area is 271 Å². The molecule has 8 rings (SSSR count). The van der Waals surface area contributed by atoms with Crippen LogP contribution in [0.1, 0.15) is 31.2 Å². The summed E-state index contributed by atoms with van der Waals surface area (Å²) < 4.78 is 0. The molecule has 0 aromatic heterocycles. The van der Waals surface area contributed by atoms with Crippen molar-refractivity contribution in [2.24, 2.45) is 0 Å². The normalized spacial score (nSPS) is 14.5. The zero-order chi connectivity index (χ0) is 30.7. The number of nitrogens with zero attached hydrogens (tertiary/aromatic N) is 2. The van der Waals surface area contributed by atoms with Crippen LogP contribution in [0, 0.1) is 0 Å². The molecule has 0 N–H and O–H groups in total. The molecule has 46 heavy (non-hydrogen) atoms. The predicted octanol–water partition coefficient (Wildman–Crippen LogP) is 12.3. The Morgan fingerprint density at radius 1 is 0.457 bits per heavy atom. The number of fused-ring (bicyclic) bond motifs is 2. The summed E-state index contributed by atoms with van der Waals surface area (Å²) in [6, 6.07) is 50.5. The quantitative estimate of drug-likeness (QED) is 0.182. The number of anilines is 4. The number of hydrogen-bond acceptors (Lipinski definition) is 2. The fraction of sp³-hybridized carbons (Fsp3) is 0.0909. The summed E-state index contributed by atoms with van der Waals surface area (Å²) in [6.07, 6.45) is 15.7. The van der Waals surface area contributed by atoms with Crippen LogP contribution in [0.25, 0.3) is 27.1 Å². The fourth-order valence-electron chi connectivity index (χ4n) is 6.91. The maximum atomic E-state index is 2.44. The number of rotatable bonds is 7. The van der Waals surface area contributed by atoms with Gasteiger partial charge in [-0.25, -0.2) is 0 Å². The second-order valence-electron chi connectivity index (χ2n) is 12.0. The summed E-state index contributed by atoms with van der Waals surface area (Å²) in [5.41, 5.74) is 9.98. The first kappa shape index (κ1) is 27.9. The van der Waals surface area contributed by atoms with Gasteiger partial charge in [0.25, 0.3) is 0 Å². The van der Waals surface area contributed by atoms with Crippen LogP contribution in [0.4, 0.5) is 22.7 Å². The molecule has 2 aliphatic rings. The smallest absolute Gasteiger partial charge is 0.0539 e. The summed E-state index contributed by atoms with van der Waals surface area (Å²) in [7, 11) is 0. The first-order chi connectivity index (χ1) is 22.8. The Balaban J connectivity index is 1.14. The molecule has 0 unspecified atom stereocenters. The molecule has 0 fully saturated rings. The average molecular weight is 593 g/mol. The largest absolute Gasteiger partial charge is 0.314 e. The van der Waals surface area contributed by atoms with Crippen LogP contribution in [0.2, 0.25) is 0 Å². The van der Waals surface area contributed by atoms with Gasteiger partial charge in [-0.2, -0.15) is 0 Å². The van der Waals surface area contributed by atoms with E-state index < -0.39 is 0 Å². The van der Waals surface area contributed by atoms with Gasteiger partial charge in [-0.05, 0) is 96.1 Å². The van der Waals surface area contributed by atoms with E-state index >= 15 is 0 Å². The Kier molecular flexibility index (Phi) is 7.54. The van der Waals surface area contributed by atoms with Crippen molar-refractivity contribution in [3.05, 3.63) is 187 Å². The van der Waals surface area contributed by atoms with E-state index in [-0.39, 0.29) is 0 Å². The van der Waals surface area contributed by atoms with Crippen LogP contribution >= 0.6 is 0 Å². The maximum absolute atomic E-state index is 2.44. The van der Waals surface area contributed by atoms with Crippen LogP contribution in [-0.2, 0) is 0 Å². The van der Waals surface area contributed by atoms with E-state index in [2.05, 4.69) is 180 Å². The molecule has 0 radical (unpaired) electrons. The van der Waals surface area contributed by atoms with Crippen molar-refractivity contribution in [3.8, 4) is 0 Å². The molecular weight excluding hydrogens is 556 g/mol. The summed E-state index contributed by atoms with van der Waals surface area (Å²) in [4.78, 5) is 4.85. The van der Waals surface area contributed by atoms with E-state index in [1.165, 1.54) is 66.8 Å². The van der Waals surface area contributed by atoms with Crippen LogP contribution < -0.4 is 9.80 Å². The summed E-state index contributed by atoms with van der Waals surface area (Å²) >= 11 is 0. The van der Waals surface area contributed by atoms with E-state index in [4.69, 9.17) is 0 Å². The lowest BCUT2D eigenvalue weighted by Crippen LogP contribution is -2.18. The second kappa shape index (κ2) is 12.4. The minimum absolute atomic E-state index is 0.964. The predicted molar refractivity (Wildman–Crippen MR) is 197 cm³/mol. The third-order valence-electron chi connectivity index (χ3n) is 9.17. The van der Waals surface area contributed by atoms with Gasteiger partial charge < -0.3 is 9.80 Å². The zero-order valence-electron chi connectivity index (χ0n) is 25.9. The molecule has 6 aromatic carbocycles. The van der Waals surface area contributed by atoms with E-state index in [0.717, 1.165) is 25.7 Å². The molecule has 0 aliphatic heterocycles. The fourth-order valence-corrected chi connectivity index (χ4v) is 6.91. The SMILES string of the molecule is C1=CC(N(c2ccc(C3=CC=C(N(c4ccccc4)c4cccc5ccccc45)CC3)cc2)c2cccc3ccccc23)=CCC1. The van der Waals surface area contributed by atoms with Gasteiger partial charge in [0.05, 0.1) is 11.4 Å². The highest BCUT2D eigenvalue weighted by Gasteiger charge is 2.21. The Morgan fingerprint density at radius 2 is 1.07 bits per heavy atom. The Hall–Kier alpha value is -5.60. The molecular formula is C44H36N2. The number of allylic oxidation sites excluding steroid dienone is 7. The highest BCUT2D eigenvalue weighted by molar-refractivity contribution is 5.98. The van der Waals surface area contributed by atoms with Gasteiger partial charge in [0, 0.05) is 33.5 Å². The lowest BCUT2D eigenvalue weighted by atomic mass is 9.94. The molecule has 2 heteroatoms. The molecule has 0 heterocycles. The highest BCUT2D eigenvalue weighted by atomic mass is 15.2. The molecule has 2 nitrogen and oxygen atoms in total.